The van der Waals surface area contributed by atoms with Crippen LogP contribution in [0.15, 0.2) is 35.1 Å². The highest BCUT2D eigenvalue weighted by Gasteiger charge is 2.22. The van der Waals surface area contributed by atoms with Crippen LogP contribution in [0, 0.1) is 11.3 Å². The molecule has 1 aliphatic rings. The Morgan fingerprint density at radius 2 is 2.06 bits per heavy atom. The minimum atomic E-state index is -0.178. The average Bonchev–Trinajstić information content (AvgIpc) is 3.26. The molecule has 0 bridgehead atoms. The van der Waals surface area contributed by atoms with Gasteiger partial charge in [0.25, 0.3) is 11.5 Å². The van der Waals surface area contributed by atoms with Crippen LogP contribution in [0.3, 0.4) is 0 Å². The summed E-state index contributed by atoms with van der Waals surface area (Å²) in [6, 6.07) is 11.3. The van der Waals surface area contributed by atoms with E-state index in [1.54, 1.807) is 28.5 Å². The first kappa shape index (κ1) is 22.4. The van der Waals surface area contributed by atoms with E-state index in [0.717, 1.165) is 37.2 Å². The third-order valence-corrected chi connectivity index (χ3v) is 7.26. The molecule has 3 aromatic rings. The lowest BCUT2D eigenvalue weighted by Crippen LogP contribution is -2.36. The number of hydrogen-bond donors (Lipinski definition) is 1. The van der Waals surface area contributed by atoms with Gasteiger partial charge in [0.2, 0.25) is 5.95 Å². The van der Waals surface area contributed by atoms with Crippen molar-refractivity contribution in [3.63, 3.8) is 0 Å². The Hall–Kier alpha value is -2.83. The van der Waals surface area contributed by atoms with E-state index in [0.29, 0.717) is 33.2 Å². The number of nitriles is 1. The van der Waals surface area contributed by atoms with Crippen LogP contribution in [0.4, 0.5) is 5.95 Å². The highest BCUT2D eigenvalue weighted by atomic mass is 32.2. The van der Waals surface area contributed by atoms with E-state index >= 15 is 0 Å². The number of fused-ring (bicyclic) bond motifs is 1. The van der Waals surface area contributed by atoms with Crippen molar-refractivity contribution in [1.82, 2.24) is 14.9 Å². The fourth-order valence-electron chi connectivity index (χ4n) is 3.88. The van der Waals surface area contributed by atoms with Crippen molar-refractivity contribution < 1.29 is 4.79 Å². The Morgan fingerprint density at radius 3 is 2.81 bits per heavy atom. The van der Waals surface area contributed by atoms with Crippen molar-refractivity contribution in [3.05, 3.63) is 56.7 Å². The molecule has 0 atom stereocenters. The van der Waals surface area contributed by atoms with Gasteiger partial charge in [-0.3, -0.25) is 14.2 Å². The molecule has 0 spiro atoms. The zero-order valence-electron chi connectivity index (χ0n) is 18.0. The smallest absolute Gasteiger partial charge is 0.273 e. The molecule has 1 amide bonds. The average molecular weight is 468 g/mol. The third kappa shape index (κ3) is 4.66. The Kier molecular flexibility index (Phi) is 7.12. The molecule has 7 nitrogen and oxygen atoms in total. The van der Waals surface area contributed by atoms with Crippen LogP contribution in [0.2, 0.25) is 0 Å². The summed E-state index contributed by atoms with van der Waals surface area (Å²) in [5, 5.41) is 12.4. The van der Waals surface area contributed by atoms with E-state index in [4.69, 9.17) is 4.98 Å². The molecule has 32 heavy (non-hydrogen) atoms. The van der Waals surface area contributed by atoms with Crippen molar-refractivity contribution in [3.8, 4) is 6.07 Å². The molecule has 9 heteroatoms. The van der Waals surface area contributed by atoms with Gasteiger partial charge in [-0.2, -0.15) is 17.0 Å². The molecule has 4 rings (SSSR count). The predicted molar refractivity (Wildman–Crippen MR) is 131 cm³/mol. The molecule has 1 fully saturated rings. The van der Waals surface area contributed by atoms with Crippen LogP contribution < -0.4 is 15.8 Å². The molecule has 0 saturated carbocycles. The molecule has 166 valence electrons. The number of thioether (sulfide) groups is 1. The van der Waals surface area contributed by atoms with Crippen LogP contribution in [0.1, 0.15) is 40.1 Å². The summed E-state index contributed by atoms with van der Waals surface area (Å²) in [4.78, 5) is 33.6. The molecule has 1 N–H and O–H groups in total. The molecular formula is C23H25N5O2S2. The Bertz CT molecular complexity index is 1220. The number of carbonyl (C=O) groups excluding carboxylic acids is 1. The van der Waals surface area contributed by atoms with Gasteiger partial charge >= 0.3 is 0 Å². The number of rotatable bonds is 7. The molecule has 1 aromatic carbocycles. The van der Waals surface area contributed by atoms with Crippen molar-refractivity contribution >= 4 is 45.2 Å². The molecule has 0 radical (unpaired) electrons. The monoisotopic (exact) mass is 467 g/mol. The number of hydrogen-bond acceptors (Lipinski definition) is 7. The van der Waals surface area contributed by atoms with Gasteiger partial charge in [0.1, 0.15) is 4.70 Å². The van der Waals surface area contributed by atoms with Crippen LogP contribution in [-0.2, 0) is 6.54 Å². The van der Waals surface area contributed by atoms with Gasteiger partial charge in [0.05, 0.1) is 28.6 Å². The zero-order valence-corrected chi connectivity index (χ0v) is 19.6. The normalized spacial score (nSPS) is 13.8. The second-order valence-electron chi connectivity index (χ2n) is 7.69. The molecule has 0 unspecified atom stereocenters. The second-order valence-corrected chi connectivity index (χ2v) is 9.73. The summed E-state index contributed by atoms with van der Waals surface area (Å²) in [7, 11) is 0. The number of thiophene rings is 1. The quantitative estimate of drug-likeness (QED) is 0.535. The number of nitrogens with zero attached hydrogens (tertiary/aromatic N) is 4. The second kappa shape index (κ2) is 10.2. The molecular weight excluding hydrogens is 442 g/mol. The lowest BCUT2D eigenvalue weighted by molar-refractivity contribution is 0.0960. The molecule has 1 aliphatic heterocycles. The Balaban J connectivity index is 1.79. The minimum Gasteiger partial charge on any atom is -0.351 e. The number of piperidine rings is 1. The predicted octanol–water partition coefficient (Wildman–Crippen LogP) is 3.46. The van der Waals surface area contributed by atoms with Gasteiger partial charge in [-0.15, -0.1) is 11.3 Å². The number of carbonyl (C=O) groups is 1. The topological polar surface area (TPSA) is 91.0 Å². The van der Waals surface area contributed by atoms with Gasteiger partial charge in [-0.25, -0.2) is 4.98 Å². The maximum Gasteiger partial charge on any atom is 0.273 e. The first-order valence-electron chi connectivity index (χ1n) is 10.7. The number of anilines is 1. The largest absolute Gasteiger partial charge is 0.351 e. The fraction of sp³-hybridized carbons (Fsp3) is 0.391. The summed E-state index contributed by atoms with van der Waals surface area (Å²) < 4.78 is 2.13. The maximum atomic E-state index is 13.6. The van der Waals surface area contributed by atoms with Crippen LogP contribution in [0.5, 0.6) is 0 Å². The van der Waals surface area contributed by atoms with Crippen LogP contribution >= 0.6 is 23.1 Å². The first-order valence-corrected chi connectivity index (χ1v) is 12.9. The summed E-state index contributed by atoms with van der Waals surface area (Å²) in [6.45, 7) is 2.52. The van der Waals surface area contributed by atoms with Gasteiger partial charge in [0, 0.05) is 25.4 Å². The highest BCUT2D eigenvalue weighted by Crippen LogP contribution is 2.26. The molecule has 0 aliphatic carbocycles. The zero-order chi connectivity index (χ0) is 22.5. The van der Waals surface area contributed by atoms with E-state index < -0.39 is 0 Å². The number of amides is 1. The van der Waals surface area contributed by atoms with Crippen LogP contribution in [0.25, 0.3) is 10.2 Å². The Morgan fingerprint density at radius 1 is 1.28 bits per heavy atom. The SMILES string of the molecule is CSCCNC(=O)c1cc2nc(N3CCCCC3)n(Cc3ccccc3C#N)c(=O)c2s1. The van der Waals surface area contributed by atoms with Gasteiger partial charge in [-0.1, -0.05) is 18.2 Å². The number of aromatic nitrogens is 2. The van der Waals surface area contributed by atoms with Gasteiger partial charge < -0.3 is 10.2 Å². The van der Waals surface area contributed by atoms with E-state index in [2.05, 4.69) is 16.3 Å². The van der Waals surface area contributed by atoms with Crippen molar-refractivity contribution in [2.75, 3.05) is 36.5 Å². The summed E-state index contributed by atoms with van der Waals surface area (Å²) in [5.74, 6) is 1.27. The van der Waals surface area contributed by atoms with Crippen LogP contribution in [-0.4, -0.2) is 47.1 Å². The van der Waals surface area contributed by atoms with Crippen molar-refractivity contribution in [2.24, 2.45) is 0 Å². The highest BCUT2D eigenvalue weighted by molar-refractivity contribution is 7.98. The van der Waals surface area contributed by atoms with Gasteiger partial charge in [0.15, 0.2) is 0 Å². The minimum absolute atomic E-state index is 0.170. The third-order valence-electron chi connectivity index (χ3n) is 5.53. The van der Waals surface area contributed by atoms with Gasteiger partial charge in [-0.05, 0) is 43.2 Å². The molecule has 3 heterocycles. The number of nitrogens with one attached hydrogen (secondary N) is 1. The number of benzene rings is 1. The lowest BCUT2D eigenvalue weighted by atomic mass is 10.1. The summed E-state index contributed by atoms with van der Waals surface area (Å²) >= 11 is 2.85. The first-order chi connectivity index (χ1) is 15.6. The molecule has 2 aromatic heterocycles. The van der Waals surface area contributed by atoms with Crippen molar-refractivity contribution in [1.29, 1.82) is 5.26 Å². The van der Waals surface area contributed by atoms with E-state index in [9.17, 15) is 14.9 Å². The maximum absolute atomic E-state index is 13.6. The fourth-order valence-corrected chi connectivity index (χ4v) is 5.15. The van der Waals surface area contributed by atoms with E-state index in [-0.39, 0.29) is 18.0 Å². The summed E-state index contributed by atoms with van der Waals surface area (Å²) in [6.07, 6.45) is 5.26. The van der Waals surface area contributed by atoms with E-state index in [1.807, 2.05) is 24.5 Å². The van der Waals surface area contributed by atoms with E-state index in [1.165, 1.54) is 17.8 Å². The Labute approximate surface area is 195 Å². The summed E-state index contributed by atoms with van der Waals surface area (Å²) in [5.41, 5.74) is 1.71. The lowest BCUT2D eigenvalue weighted by Gasteiger charge is -2.29. The molecule has 1 saturated heterocycles. The standard InChI is InChI=1S/C23H25N5O2S2/c1-31-12-9-25-21(29)19-13-18-20(32-19)22(30)28(15-17-8-4-3-7-16(17)14-24)23(26-18)27-10-5-2-6-11-27/h3-4,7-8,13H,2,5-6,9-12,15H2,1H3,(H,25,29). The van der Waals surface area contributed by atoms with Crippen molar-refractivity contribution in [2.45, 2.75) is 25.8 Å².